The average molecular weight is 386 g/mol. The van der Waals surface area contributed by atoms with Gasteiger partial charge in [-0.1, -0.05) is 48.5 Å². The first-order valence-corrected chi connectivity index (χ1v) is 9.03. The smallest absolute Gasteiger partial charge is 0.345 e. The van der Waals surface area contributed by atoms with E-state index in [0.29, 0.717) is 11.4 Å². The quantitative estimate of drug-likeness (QED) is 0.529. The second-order valence-electron chi connectivity index (χ2n) is 6.32. The van der Waals surface area contributed by atoms with Gasteiger partial charge in [0.1, 0.15) is 11.5 Å². The molecule has 0 bridgehead atoms. The molecule has 0 radical (unpaired) electrons. The van der Waals surface area contributed by atoms with Gasteiger partial charge in [-0.2, -0.15) is 0 Å². The summed E-state index contributed by atoms with van der Waals surface area (Å²) in [5.74, 6) is 1.49. The summed E-state index contributed by atoms with van der Waals surface area (Å²) >= 11 is 0. The highest BCUT2D eigenvalue weighted by molar-refractivity contribution is 5.54. The summed E-state index contributed by atoms with van der Waals surface area (Å²) < 4.78 is 6.97. The van der Waals surface area contributed by atoms with Crippen LogP contribution in [0.15, 0.2) is 94.5 Å². The van der Waals surface area contributed by atoms with Gasteiger partial charge in [0.15, 0.2) is 0 Å². The number of ether oxygens (including phenoxy) is 1. The maximum Gasteiger partial charge on any atom is 0.345 e. The van der Waals surface area contributed by atoms with Crippen molar-refractivity contribution in [1.29, 1.82) is 0 Å². The maximum absolute atomic E-state index is 12.1. The molecule has 0 atom stereocenters. The van der Waals surface area contributed by atoms with Crippen molar-refractivity contribution >= 4 is 11.5 Å². The predicted molar refractivity (Wildman–Crippen MR) is 111 cm³/mol. The van der Waals surface area contributed by atoms with Crippen LogP contribution in [0.2, 0.25) is 0 Å². The largest absolute Gasteiger partial charge is 0.457 e. The van der Waals surface area contributed by atoms with Crippen LogP contribution in [0.4, 0.5) is 11.5 Å². The van der Waals surface area contributed by atoms with Crippen LogP contribution in [-0.4, -0.2) is 14.8 Å². The molecule has 144 valence electrons. The van der Waals surface area contributed by atoms with E-state index in [9.17, 15) is 9.59 Å². The molecule has 1 aromatic heterocycles. The second-order valence-corrected chi connectivity index (χ2v) is 6.32. The Kier molecular flexibility index (Phi) is 5.20. The van der Waals surface area contributed by atoms with E-state index in [1.807, 2.05) is 84.9 Å². The second kappa shape index (κ2) is 8.26. The SMILES string of the molecule is O=c1[nH]c(=O)n(Cc2ccc(Oc3ccccc3)cc2)nc1Nc1ccccc1. The van der Waals surface area contributed by atoms with Gasteiger partial charge in [-0.05, 0) is 42.0 Å². The maximum atomic E-state index is 12.1. The lowest BCUT2D eigenvalue weighted by Crippen LogP contribution is -2.34. The van der Waals surface area contributed by atoms with Crippen molar-refractivity contribution in [3.63, 3.8) is 0 Å². The van der Waals surface area contributed by atoms with Crippen LogP contribution in [0.3, 0.4) is 0 Å². The lowest BCUT2D eigenvalue weighted by atomic mass is 10.2. The highest BCUT2D eigenvalue weighted by atomic mass is 16.5. The summed E-state index contributed by atoms with van der Waals surface area (Å²) in [6, 6.07) is 26.0. The fourth-order valence-electron chi connectivity index (χ4n) is 2.74. The molecule has 0 aliphatic rings. The molecule has 0 aliphatic carbocycles. The third kappa shape index (κ3) is 4.59. The number of nitrogens with one attached hydrogen (secondary N) is 2. The van der Waals surface area contributed by atoms with Crippen molar-refractivity contribution in [3.8, 4) is 11.5 Å². The number of hydrogen-bond donors (Lipinski definition) is 2. The zero-order valence-corrected chi connectivity index (χ0v) is 15.4. The summed E-state index contributed by atoms with van der Waals surface area (Å²) in [6.45, 7) is 0.213. The van der Waals surface area contributed by atoms with Crippen molar-refractivity contribution in [2.24, 2.45) is 0 Å². The first-order valence-electron chi connectivity index (χ1n) is 9.03. The normalized spacial score (nSPS) is 10.5. The highest BCUT2D eigenvalue weighted by Crippen LogP contribution is 2.21. The minimum Gasteiger partial charge on any atom is -0.457 e. The van der Waals surface area contributed by atoms with E-state index in [1.54, 1.807) is 0 Å². The molecule has 0 amide bonds. The zero-order valence-electron chi connectivity index (χ0n) is 15.4. The Labute approximate surface area is 166 Å². The van der Waals surface area contributed by atoms with E-state index >= 15 is 0 Å². The molecule has 0 unspecified atom stereocenters. The Hall–Kier alpha value is -4.13. The van der Waals surface area contributed by atoms with E-state index in [2.05, 4.69) is 15.4 Å². The number of hydrogen-bond acceptors (Lipinski definition) is 5. The van der Waals surface area contributed by atoms with Crippen LogP contribution >= 0.6 is 0 Å². The van der Waals surface area contributed by atoms with Crippen LogP contribution in [-0.2, 0) is 6.54 Å². The number of nitrogens with zero attached hydrogens (tertiary/aromatic N) is 2. The third-order valence-corrected chi connectivity index (χ3v) is 4.16. The van der Waals surface area contributed by atoms with Crippen molar-refractivity contribution in [2.75, 3.05) is 5.32 Å². The number of anilines is 2. The molecule has 1 heterocycles. The van der Waals surface area contributed by atoms with Gasteiger partial charge in [-0.15, -0.1) is 5.10 Å². The summed E-state index contributed by atoms with van der Waals surface area (Å²) in [5.41, 5.74) is 0.413. The summed E-state index contributed by atoms with van der Waals surface area (Å²) in [5, 5.41) is 7.10. The molecular weight excluding hydrogens is 368 g/mol. The van der Waals surface area contributed by atoms with E-state index in [1.165, 1.54) is 4.68 Å². The minimum absolute atomic E-state index is 0.0554. The molecule has 0 fully saturated rings. The van der Waals surface area contributed by atoms with E-state index in [0.717, 1.165) is 11.3 Å². The lowest BCUT2D eigenvalue weighted by Gasteiger charge is -2.09. The Morgan fingerprint density at radius 1 is 0.828 bits per heavy atom. The van der Waals surface area contributed by atoms with Gasteiger partial charge in [-0.3, -0.25) is 9.78 Å². The molecule has 0 saturated carbocycles. The molecule has 7 nitrogen and oxygen atoms in total. The molecule has 4 rings (SSSR count). The van der Waals surface area contributed by atoms with Gasteiger partial charge in [-0.25, -0.2) is 9.48 Å². The zero-order chi connectivity index (χ0) is 20.1. The third-order valence-electron chi connectivity index (χ3n) is 4.16. The standard InChI is InChI=1S/C22H18N4O3/c27-21-20(23-17-7-3-1-4-8-17)25-26(22(28)24-21)15-16-11-13-19(14-12-16)29-18-9-5-2-6-10-18/h1-14H,15H2,(H,23,25)(H,24,27,28). The first-order chi connectivity index (χ1) is 14.2. The molecule has 7 heteroatoms. The molecule has 3 aromatic carbocycles. The molecule has 2 N–H and O–H groups in total. The number of H-pyrrole nitrogens is 1. The van der Waals surface area contributed by atoms with Crippen LogP contribution in [0.1, 0.15) is 5.56 Å². The van der Waals surface area contributed by atoms with E-state index < -0.39 is 11.2 Å². The number of aromatic nitrogens is 3. The highest BCUT2D eigenvalue weighted by Gasteiger charge is 2.08. The van der Waals surface area contributed by atoms with E-state index in [4.69, 9.17) is 4.74 Å². The van der Waals surface area contributed by atoms with Crippen LogP contribution in [0, 0.1) is 0 Å². The van der Waals surface area contributed by atoms with Gasteiger partial charge >= 0.3 is 5.69 Å². The van der Waals surface area contributed by atoms with Crippen molar-refractivity contribution in [1.82, 2.24) is 14.8 Å². The van der Waals surface area contributed by atoms with Crippen LogP contribution < -0.4 is 21.3 Å². The molecule has 0 aliphatic heterocycles. The van der Waals surface area contributed by atoms with Gasteiger partial charge in [0, 0.05) is 5.69 Å². The number of benzene rings is 3. The predicted octanol–water partition coefficient (Wildman–Crippen LogP) is 3.52. The van der Waals surface area contributed by atoms with Crippen LogP contribution in [0.5, 0.6) is 11.5 Å². The van der Waals surface area contributed by atoms with Gasteiger partial charge in [0.2, 0.25) is 5.82 Å². The topological polar surface area (TPSA) is 89.0 Å². The minimum atomic E-state index is -0.571. The summed E-state index contributed by atoms with van der Waals surface area (Å²) in [7, 11) is 0. The molecule has 4 aromatic rings. The van der Waals surface area contributed by atoms with Crippen LogP contribution in [0.25, 0.3) is 0 Å². The summed E-state index contributed by atoms with van der Waals surface area (Å²) in [6.07, 6.45) is 0. The van der Waals surface area contributed by atoms with Crippen molar-refractivity contribution in [2.45, 2.75) is 6.54 Å². The molecule has 29 heavy (non-hydrogen) atoms. The Balaban J connectivity index is 1.52. The van der Waals surface area contributed by atoms with Gasteiger partial charge < -0.3 is 10.1 Å². The average Bonchev–Trinajstić information content (AvgIpc) is 2.74. The van der Waals surface area contributed by atoms with Gasteiger partial charge in [0.25, 0.3) is 5.56 Å². The monoisotopic (exact) mass is 386 g/mol. The molecular formula is C22H18N4O3. The Morgan fingerprint density at radius 2 is 1.45 bits per heavy atom. The fraction of sp³-hybridized carbons (Fsp3) is 0.0455. The number of para-hydroxylation sites is 2. The lowest BCUT2D eigenvalue weighted by molar-refractivity contribution is 0.482. The number of rotatable bonds is 6. The van der Waals surface area contributed by atoms with Crippen molar-refractivity contribution in [3.05, 3.63) is 111 Å². The van der Waals surface area contributed by atoms with Crippen molar-refractivity contribution < 1.29 is 4.74 Å². The molecule has 0 saturated heterocycles. The van der Waals surface area contributed by atoms with Gasteiger partial charge in [0.05, 0.1) is 6.54 Å². The number of aromatic amines is 1. The Morgan fingerprint density at radius 3 is 2.14 bits per heavy atom. The summed E-state index contributed by atoms with van der Waals surface area (Å²) in [4.78, 5) is 26.5. The fourth-order valence-corrected chi connectivity index (χ4v) is 2.74. The Bertz CT molecular complexity index is 1200. The first kappa shape index (κ1) is 18.2. The van der Waals surface area contributed by atoms with E-state index in [-0.39, 0.29) is 12.4 Å². The molecule has 0 spiro atoms.